The Morgan fingerprint density at radius 2 is 1.67 bits per heavy atom. The van der Waals surface area contributed by atoms with E-state index in [9.17, 15) is 0 Å². The molecule has 2 nitrogen and oxygen atoms in total. The molecule has 0 aromatic heterocycles. The second kappa shape index (κ2) is 6.81. The number of likely N-dealkylation sites (N-methyl/N-ethyl adjacent to an activating group) is 1. The second-order valence-corrected chi connectivity index (χ2v) is 8.20. The number of aryl methyl sites for hydroxylation is 1. The number of fused-ring (bicyclic) bond motifs is 2. The molecule has 0 radical (unpaired) electrons. The largest absolute Gasteiger partial charge is 0.334 e. The summed E-state index contributed by atoms with van der Waals surface area (Å²) in [6.07, 6.45) is 0. The Hall–Kier alpha value is -1.45. The first-order chi connectivity index (χ1) is 11.5. The highest BCUT2D eigenvalue weighted by Gasteiger charge is 2.31. The quantitative estimate of drug-likeness (QED) is 0.663. The van der Waals surface area contributed by atoms with Gasteiger partial charge in [-0.05, 0) is 57.5 Å². The monoisotopic (exact) mass is 341 g/mol. The standard InChI is InChI=1S/C21H29N2S/c1-6-23(5,7-2)17(4)15-22-18-10-8-9-11-20(18)24-21-13-12-16(3)14-19(21)22/h8-14,17H,6-7,15H2,1-5H3/q+1. The molecule has 1 aliphatic heterocycles. The Balaban J connectivity index is 2.02. The van der Waals surface area contributed by atoms with Crippen molar-refractivity contribution < 1.29 is 4.48 Å². The van der Waals surface area contributed by atoms with Crippen LogP contribution in [0.25, 0.3) is 0 Å². The van der Waals surface area contributed by atoms with E-state index in [0.717, 1.165) is 11.0 Å². The Kier molecular flexibility index (Phi) is 4.93. The molecule has 128 valence electrons. The molecule has 0 saturated heterocycles. The van der Waals surface area contributed by atoms with E-state index in [4.69, 9.17) is 0 Å². The molecule has 1 unspecified atom stereocenters. The second-order valence-electron chi connectivity index (χ2n) is 7.11. The van der Waals surface area contributed by atoms with Gasteiger partial charge in [0.05, 0.1) is 38.1 Å². The minimum atomic E-state index is 0.574. The minimum Gasteiger partial charge on any atom is -0.334 e. The molecule has 0 saturated carbocycles. The van der Waals surface area contributed by atoms with Gasteiger partial charge in [0.25, 0.3) is 0 Å². The fraction of sp³-hybridized carbons (Fsp3) is 0.429. The number of nitrogens with zero attached hydrogens (tertiary/aromatic N) is 2. The van der Waals surface area contributed by atoms with Gasteiger partial charge in [-0.1, -0.05) is 30.0 Å². The van der Waals surface area contributed by atoms with Crippen LogP contribution in [0.4, 0.5) is 11.4 Å². The number of hydrogen-bond donors (Lipinski definition) is 0. The highest BCUT2D eigenvalue weighted by atomic mass is 32.2. The predicted molar refractivity (Wildman–Crippen MR) is 105 cm³/mol. The van der Waals surface area contributed by atoms with Crippen molar-refractivity contribution in [2.45, 2.75) is 43.5 Å². The van der Waals surface area contributed by atoms with Crippen molar-refractivity contribution >= 4 is 23.1 Å². The van der Waals surface area contributed by atoms with Crippen LogP contribution < -0.4 is 4.90 Å². The Morgan fingerprint density at radius 1 is 1.00 bits per heavy atom. The van der Waals surface area contributed by atoms with Crippen LogP contribution in [0.5, 0.6) is 0 Å². The third-order valence-electron chi connectivity index (χ3n) is 5.74. The molecule has 2 aromatic carbocycles. The van der Waals surface area contributed by atoms with Crippen LogP contribution in [-0.4, -0.2) is 37.2 Å². The molecule has 1 heterocycles. The normalized spacial score (nSPS) is 15.0. The maximum atomic E-state index is 2.54. The van der Waals surface area contributed by atoms with E-state index in [0.29, 0.717) is 6.04 Å². The lowest BCUT2D eigenvalue weighted by atomic mass is 10.1. The van der Waals surface area contributed by atoms with Crippen molar-refractivity contribution in [1.29, 1.82) is 0 Å². The van der Waals surface area contributed by atoms with E-state index in [1.54, 1.807) is 0 Å². The lowest BCUT2D eigenvalue weighted by Crippen LogP contribution is -2.54. The summed E-state index contributed by atoms with van der Waals surface area (Å²) in [5, 5.41) is 0. The zero-order valence-electron chi connectivity index (χ0n) is 15.5. The SMILES string of the molecule is CC[N+](C)(CC)C(C)CN1c2ccccc2Sc2ccc(C)cc21. The molecule has 0 bridgehead atoms. The van der Waals surface area contributed by atoms with Crippen molar-refractivity contribution in [3.8, 4) is 0 Å². The van der Waals surface area contributed by atoms with Crippen LogP contribution >= 0.6 is 11.8 Å². The third-order valence-corrected chi connectivity index (χ3v) is 6.87. The minimum absolute atomic E-state index is 0.574. The molecule has 3 heteroatoms. The summed E-state index contributed by atoms with van der Waals surface area (Å²) < 4.78 is 1.10. The molecule has 0 amide bonds. The first-order valence-electron chi connectivity index (χ1n) is 8.97. The van der Waals surface area contributed by atoms with Gasteiger partial charge in [-0.15, -0.1) is 0 Å². The van der Waals surface area contributed by atoms with Gasteiger partial charge in [-0.25, -0.2) is 0 Å². The molecule has 0 aliphatic carbocycles. The average molecular weight is 342 g/mol. The van der Waals surface area contributed by atoms with Gasteiger partial charge in [-0.3, -0.25) is 0 Å². The fourth-order valence-corrected chi connectivity index (χ4v) is 4.52. The highest BCUT2D eigenvalue weighted by Crippen LogP contribution is 2.48. The summed E-state index contributed by atoms with van der Waals surface area (Å²) in [5.74, 6) is 0. The zero-order chi connectivity index (χ0) is 17.3. The lowest BCUT2D eigenvalue weighted by molar-refractivity contribution is -0.926. The van der Waals surface area contributed by atoms with E-state index >= 15 is 0 Å². The van der Waals surface area contributed by atoms with E-state index in [1.165, 1.54) is 39.8 Å². The van der Waals surface area contributed by atoms with Crippen LogP contribution in [0.1, 0.15) is 26.3 Å². The molecular weight excluding hydrogens is 312 g/mol. The molecule has 2 aromatic rings. The first-order valence-corrected chi connectivity index (χ1v) is 9.79. The van der Waals surface area contributed by atoms with Gasteiger partial charge in [0.15, 0.2) is 0 Å². The zero-order valence-corrected chi connectivity index (χ0v) is 16.4. The molecule has 0 N–H and O–H groups in total. The van der Waals surface area contributed by atoms with Gasteiger partial charge >= 0.3 is 0 Å². The van der Waals surface area contributed by atoms with Gasteiger partial charge in [0, 0.05) is 9.79 Å². The van der Waals surface area contributed by atoms with Gasteiger partial charge in [-0.2, -0.15) is 0 Å². The Morgan fingerprint density at radius 3 is 2.38 bits per heavy atom. The molecule has 0 fully saturated rings. The third kappa shape index (κ3) is 3.07. The van der Waals surface area contributed by atoms with E-state index in [2.05, 4.69) is 82.1 Å². The first kappa shape index (κ1) is 17.4. The highest BCUT2D eigenvalue weighted by molar-refractivity contribution is 7.99. The van der Waals surface area contributed by atoms with Crippen molar-refractivity contribution in [3.63, 3.8) is 0 Å². The van der Waals surface area contributed by atoms with Crippen LogP contribution in [0.3, 0.4) is 0 Å². The van der Waals surface area contributed by atoms with Crippen molar-refractivity contribution in [2.75, 3.05) is 31.6 Å². The number of hydrogen-bond acceptors (Lipinski definition) is 2. The number of quaternary nitrogens is 1. The summed E-state index contributed by atoms with van der Waals surface area (Å²) in [7, 11) is 2.38. The average Bonchev–Trinajstić information content (AvgIpc) is 2.61. The van der Waals surface area contributed by atoms with Crippen LogP contribution in [-0.2, 0) is 0 Å². The van der Waals surface area contributed by atoms with E-state index in [-0.39, 0.29) is 0 Å². The predicted octanol–water partition coefficient (Wildman–Crippen LogP) is 5.47. The molecule has 24 heavy (non-hydrogen) atoms. The molecule has 1 aliphatic rings. The lowest BCUT2D eigenvalue weighted by Gasteiger charge is -2.42. The maximum Gasteiger partial charge on any atom is 0.104 e. The van der Waals surface area contributed by atoms with Crippen molar-refractivity contribution in [2.24, 2.45) is 0 Å². The van der Waals surface area contributed by atoms with Crippen LogP contribution in [0.15, 0.2) is 52.3 Å². The maximum absolute atomic E-state index is 2.54. The summed E-state index contributed by atoms with van der Waals surface area (Å²) >= 11 is 1.89. The molecule has 3 rings (SSSR count). The molecule has 1 atom stereocenters. The van der Waals surface area contributed by atoms with Gasteiger partial charge in [0.2, 0.25) is 0 Å². The number of rotatable bonds is 5. The number of benzene rings is 2. The van der Waals surface area contributed by atoms with Gasteiger partial charge in [0.1, 0.15) is 6.04 Å². The summed E-state index contributed by atoms with van der Waals surface area (Å²) in [4.78, 5) is 5.28. The van der Waals surface area contributed by atoms with Crippen molar-refractivity contribution in [1.82, 2.24) is 0 Å². The Bertz CT molecular complexity index is 722. The Labute approximate surface area is 151 Å². The van der Waals surface area contributed by atoms with E-state index in [1.807, 2.05) is 11.8 Å². The van der Waals surface area contributed by atoms with Crippen LogP contribution in [0.2, 0.25) is 0 Å². The smallest absolute Gasteiger partial charge is 0.104 e. The number of para-hydroxylation sites is 1. The van der Waals surface area contributed by atoms with Gasteiger partial charge < -0.3 is 9.38 Å². The van der Waals surface area contributed by atoms with Crippen LogP contribution in [0, 0.1) is 6.92 Å². The summed E-state index contributed by atoms with van der Waals surface area (Å²) in [6.45, 7) is 12.6. The number of anilines is 2. The fourth-order valence-electron chi connectivity index (χ4n) is 3.44. The topological polar surface area (TPSA) is 3.24 Å². The summed E-state index contributed by atoms with van der Waals surface area (Å²) in [6, 6.07) is 16.2. The summed E-state index contributed by atoms with van der Waals surface area (Å²) in [5.41, 5.74) is 4.05. The molecule has 0 spiro atoms. The molecular formula is C21H29N2S+. The van der Waals surface area contributed by atoms with E-state index < -0.39 is 0 Å². The van der Waals surface area contributed by atoms with Crippen molar-refractivity contribution in [3.05, 3.63) is 48.0 Å².